The molecule has 2 saturated carbocycles. The summed E-state index contributed by atoms with van der Waals surface area (Å²) in [7, 11) is 0. The highest BCUT2D eigenvalue weighted by Crippen LogP contribution is 2.53. The predicted molar refractivity (Wildman–Crippen MR) is 53.2 cm³/mol. The van der Waals surface area contributed by atoms with Crippen LogP contribution >= 0.6 is 0 Å². The first-order chi connectivity index (χ1) is 5.87. The van der Waals surface area contributed by atoms with E-state index >= 15 is 0 Å². The zero-order chi connectivity index (χ0) is 8.44. The van der Waals surface area contributed by atoms with Gasteiger partial charge in [-0.2, -0.15) is 0 Å². The van der Waals surface area contributed by atoms with Crippen molar-refractivity contribution in [1.82, 2.24) is 0 Å². The molecule has 0 bridgehead atoms. The molecule has 0 nitrogen and oxygen atoms in total. The van der Waals surface area contributed by atoms with Crippen LogP contribution in [0.15, 0.2) is 0 Å². The Bertz CT molecular complexity index is 142. The maximum absolute atomic E-state index is 2.40. The molecule has 1 unspecified atom stereocenters. The topological polar surface area (TPSA) is 0 Å². The van der Waals surface area contributed by atoms with Gasteiger partial charge >= 0.3 is 0 Å². The third-order valence-electron chi connectivity index (χ3n) is 4.44. The molecule has 0 amide bonds. The van der Waals surface area contributed by atoms with Gasteiger partial charge < -0.3 is 0 Å². The third kappa shape index (κ3) is 1.30. The van der Waals surface area contributed by atoms with E-state index in [1.807, 2.05) is 0 Å². The van der Waals surface area contributed by atoms with E-state index in [9.17, 15) is 0 Å². The maximum atomic E-state index is 2.40. The van der Waals surface area contributed by atoms with Gasteiger partial charge in [0.05, 0.1) is 0 Å². The van der Waals surface area contributed by atoms with Gasteiger partial charge in [-0.15, -0.1) is 0 Å². The van der Waals surface area contributed by atoms with E-state index < -0.39 is 0 Å². The molecule has 1 atom stereocenters. The summed E-state index contributed by atoms with van der Waals surface area (Å²) >= 11 is 0. The molecule has 0 aromatic heterocycles. The van der Waals surface area contributed by atoms with Gasteiger partial charge in [0.2, 0.25) is 0 Å². The van der Waals surface area contributed by atoms with Crippen molar-refractivity contribution in [1.29, 1.82) is 0 Å². The van der Waals surface area contributed by atoms with Crippen molar-refractivity contribution < 1.29 is 0 Å². The van der Waals surface area contributed by atoms with Crippen LogP contribution in [0.2, 0.25) is 0 Å². The highest BCUT2D eigenvalue weighted by molar-refractivity contribution is 4.92. The molecule has 2 aliphatic rings. The number of hydrogen-bond donors (Lipinski definition) is 0. The lowest BCUT2D eigenvalue weighted by molar-refractivity contribution is 0.124. The van der Waals surface area contributed by atoms with Crippen molar-refractivity contribution in [3.63, 3.8) is 0 Å². The van der Waals surface area contributed by atoms with Crippen LogP contribution in [0.1, 0.15) is 64.7 Å². The van der Waals surface area contributed by atoms with Crippen LogP contribution < -0.4 is 0 Å². The van der Waals surface area contributed by atoms with Gasteiger partial charge in [0.25, 0.3) is 0 Å². The average molecular weight is 166 g/mol. The lowest BCUT2D eigenvalue weighted by Gasteiger charge is -2.38. The average Bonchev–Trinajstić information content (AvgIpc) is 2.49. The quantitative estimate of drug-likeness (QED) is 0.549. The molecule has 0 aliphatic heterocycles. The molecule has 2 fully saturated rings. The van der Waals surface area contributed by atoms with E-state index in [0.29, 0.717) is 0 Å². The smallest absolute Gasteiger partial charge is 0.0269 e. The summed E-state index contributed by atoms with van der Waals surface area (Å²) in [4.78, 5) is 0. The number of rotatable bonds is 1. The largest absolute Gasteiger partial charge is 0.0651 e. The van der Waals surface area contributed by atoms with Crippen molar-refractivity contribution >= 4 is 0 Å². The molecule has 2 rings (SSSR count). The first-order valence-electron chi connectivity index (χ1n) is 5.87. The minimum absolute atomic E-state index is 0.840. The second kappa shape index (κ2) is 3.40. The Hall–Kier alpha value is 0. The molecule has 0 heteroatoms. The van der Waals surface area contributed by atoms with Gasteiger partial charge in [0.15, 0.2) is 0 Å². The van der Waals surface area contributed by atoms with E-state index in [2.05, 4.69) is 6.92 Å². The Morgan fingerprint density at radius 3 is 2.33 bits per heavy atom. The molecule has 0 N–H and O–H groups in total. The Morgan fingerprint density at radius 2 is 1.67 bits per heavy atom. The summed E-state index contributed by atoms with van der Waals surface area (Å²) in [6.45, 7) is 2.40. The highest BCUT2D eigenvalue weighted by Gasteiger charge is 2.41. The van der Waals surface area contributed by atoms with Crippen LogP contribution in [0.5, 0.6) is 0 Å². The summed E-state index contributed by atoms with van der Waals surface area (Å²) in [6.07, 6.45) is 13.8. The summed E-state index contributed by atoms with van der Waals surface area (Å²) in [6, 6.07) is 0. The molecule has 70 valence electrons. The minimum Gasteiger partial charge on any atom is -0.0651 e. The van der Waals surface area contributed by atoms with Crippen molar-refractivity contribution in [2.45, 2.75) is 64.7 Å². The standard InChI is InChI=1S/C12H22/c1-2-11-7-6-10-12(11)8-4-3-5-9-12/h11H,2-10H2,1H3. The van der Waals surface area contributed by atoms with E-state index in [4.69, 9.17) is 0 Å². The molecule has 12 heavy (non-hydrogen) atoms. The monoisotopic (exact) mass is 166 g/mol. The molecular weight excluding hydrogens is 144 g/mol. The Balaban J connectivity index is 2.05. The Labute approximate surface area is 76.7 Å². The van der Waals surface area contributed by atoms with Gasteiger partial charge in [-0.25, -0.2) is 0 Å². The molecular formula is C12H22. The van der Waals surface area contributed by atoms with E-state index in [1.54, 1.807) is 19.3 Å². The first kappa shape index (κ1) is 8.59. The fourth-order valence-corrected chi connectivity index (χ4v) is 3.76. The summed E-state index contributed by atoms with van der Waals surface area (Å²) in [5.74, 6) is 1.10. The van der Waals surface area contributed by atoms with Crippen LogP contribution in [0.4, 0.5) is 0 Å². The van der Waals surface area contributed by atoms with Gasteiger partial charge in [-0.05, 0) is 37.0 Å². The molecule has 1 spiro atoms. The molecule has 0 saturated heterocycles. The van der Waals surface area contributed by atoms with Crippen molar-refractivity contribution in [2.75, 3.05) is 0 Å². The van der Waals surface area contributed by atoms with Crippen molar-refractivity contribution in [3.8, 4) is 0 Å². The van der Waals surface area contributed by atoms with E-state index in [-0.39, 0.29) is 0 Å². The van der Waals surface area contributed by atoms with E-state index in [1.165, 1.54) is 38.5 Å². The van der Waals surface area contributed by atoms with Crippen LogP contribution in [-0.4, -0.2) is 0 Å². The maximum Gasteiger partial charge on any atom is -0.0269 e. The number of hydrogen-bond acceptors (Lipinski definition) is 0. The lowest BCUT2D eigenvalue weighted by Crippen LogP contribution is -2.27. The molecule has 0 radical (unpaired) electrons. The summed E-state index contributed by atoms with van der Waals surface area (Å²) in [5.41, 5.74) is 0.840. The normalized spacial score (nSPS) is 34.2. The third-order valence-corrected chi connectivity index (χ3v) is 4.44. The molecule has 0 aromatic rings. The second-order valence-electron chi connectivity index (χ2n) is 4.92. The fraction of sp³-hybridized carbons (Fsp3) is 1.00. The van der Waals surface area contributed by atoms with Crippen LogP contribution in [0, 0.1) is 11.3 Å². The molecule has 0 aromatic carbocycles. The Morgan fingerprint density at radius 1 is 1.00 bits per heavy atom. The lowest BCUT2D eigenvalue weighted by atomic mass is 9.67. The Kier molecular flexibility index (Phi) is 2.43. The summed E-state index contributed by atoms with van der Waals surface area (Å²) in [5, 5.41) is 0. The van der Waals surface area contributed by atoms with E-state index in [0.717, 1.165) is 11.3 Å². The van der Waals surface area contributed by atoms with Gasteiger partial charge in [-0.1, -0.05) is 39.0 Å². The molecule has 0 heterocycles. The van der Waals surface area contributed by atoms with Gasteiger partial charge in [0.1, 0.15) is 0 Å². The second-order valence-corrected chi connectivity index (χ2v) is 4.92. The first-order valence-corrected chi connectivity index (χ1v) is 5.87. The highest BCUT2D eigenvalue weighted by atomic mass is 14.5. The van der Waals surface area contributed by atoms with Gasteiger partial charge in [0, 0.05) is 0 Å². The summed E-state index contributed by atoms with van der Waals surface area (Å²) < 4.78 is 0. The fourth-order valence-electron chi connectivity index (χ4n) is 3.76. The zero-order valence-corrected chi connectivity index (χ0v) is 8.44. The van der Waals surface area contributed by atoms with Crippen LogP contribution in [0.3, 0.4) is 0 Å². The molecule has 2 aliphatic carbocycles. The SMILES string of the molecule is CCC1CCCC12CCCCC2. The van der Waals surface area contributed by atoms with Crippen molar-refractivity contribution in [2.24, 2.45) is 11.3 Å². The van der Waals surface area contributed by atoms with Crippen LogP contribution in [-0.2, 0) is 0 Å². The zero-order valence-electron chi connectivity index (χ0n) is 8.44. The predicted octanol–water partition coefficient (Wildman–Crippen LogP) is 4.15. The minimum atomic E-state index is 0.840. The van der Waals surface area contributed by atoms with Crippen LogP contribution in [0.25, 0.3) is 0 Å². The van der Waals surface area contributed by atoms with Crippen molar-refractivity contribution in [3.05, 3.63) is 0 Å². The van der Waals surface area contributed by atoms with Gasteiger partial charge in [-0.3, -0.25) is 0 Å².